The summed E-state index contributed by atoms with van der Waals surface area (Å²) in [7, 11) is 0. The number of nitrogens with one attached hydrogen (secondary N) is 1. The first-order valence-corrected chi connectivity index (χ1v) is 8.88. The Balaban J connectivity index is 1.52. The fraction of sp³-hybridized carbons (Fsp3) is 0.100. The van der Waals surface area contributed by atoms with E-state index in [2.05, 4.69) is 32.3 Å². The molecule has 1 aliphatic rings. The van der Waals surface area contributed by atoms with Gasteiger partial charge < -0.3 is 10.2 Å². The maximum atomic E-state index is 12.8. The minimum Gasteiger partial charge on any atom is -0.354 e. The molecule has 0 atom stereocenters. The van der Waals surface area contributed by atoms with Crippen LogP contribution < -0.4 is 10.2 Å². The second kappa shape index (κ2) is 6.69. The van der Waals surface area contributed by atoms with E-state index < -0.39 is 0 Å². The molecule has 4 nitrogen and oxygen atoms in total. The molecule has 1 N–H and O–H groups in total. The first kappa shape index (κ1) is 15.8. The Labute approximate surface area is 154 Å². The Bertz CT molecular complexity index is 924. The molecule has 0 spiro atoms. The molecule has 0 radical (unpaired) electrons. The van der Waals surface area contributed by atoms with E-state index >= 15 is 0 Å². The lowest BCUT2D eigenvalue weighted by atomic mass is 10.2. The predicted octanol–water partition coefficient (Wildman–Crippen LogP) is 4.79. The van der Waals surface area contributed by atoms with Crippen molar-refractivity contribution in [3.8, 4) is 0 Å². The van der Waals surface area contributed by atoms with Crippen molar-refractivity contribution in [3.63, 3.8) is 0 Å². The Morgan fingerprint density at radius 1 is 1.04 bits per heavy atom. The van der Waals surface area contributed by atoms with Gasteiger partial charge in [-0.25, -0.2) is 4.98 Å². The monoisotopic (exact) mass is 393 g/mol. The molecule has 0 bridgehead atoms. The van der Waals surface area contributed by atoms with Crippen LogP contribution in [0.5, 0.6) is 0 Å². The molecule has 0 aliphatic carbocycles. The van der Waals surface area contributed by atoms with E-state index in [1.54, 1.807) is 17.2 Å². The van der Waals surface area contributed by atoms with Crippen LogP contribution in [0.1, 0.15) is 16.1 Å². The molecule has 0 unspecified atom stereocenters. The summed E-state index contributed by atoms with van der Waals surface area (Å²) in [6.07, 6.45) is 2.58. The number of hydrogen-bond acceptors (Lipinski definition) is 3. The third-order valence-corrected chi connectivity index (χ3v) is 4.72. The van der Waals surface area contributed by atoms with Crippen LogP contribution in [0.25, 0.3) is 0 Å². The van der Waals surface area contributed by atoms with Crippen molar-refractivity contribution in [1.29, 1.82) is 0 Å². The van der Waals surface area contributed by atoms with Gasteiger partial charge in [-0.2, -0.15) is 0 Å². The van der Waals surface area contributed by atoms with E-state index in [-0.39, 0.29) is 5.91 Å². The summed E-state index contributed by atoms with van der Waals surface area (Å²) in [5.74, 6) is -0.0565. The number of aromatic nitrogens is 1. The van der Waals surface area contributed by atoms with Gasteiger partial charge in [0.25, 0.3) is 5.91 Å². The van der Waals surface area contributed by atoms with Crippen molar-refractivity contribution < 1.29 is 4.79 Å². The number of anilines is 3. The van der Waals surface area contributed by atoms with Gasteiger partial charge >= 0.3 is 0 Å². The number of rotatable bonds is 3. The van der Waals surface area contributed by atoms with Crippen molar-refractivity contribution in [2.45, 2.75) is 6.42 Å². The van der Waals surface area contributed by atoms with E-state index in [4.69, 9.17) is 0 Å². The average molecular weight is 394 g/mol. The number of para-hydroxylation sites is 1. The molecule has 1 aromatic heterocycles. The number of carbonyl (C=O) groups is 1. The minimum atomic E-state index is -0.0565. The number of hydrogen-bond donors (Lipinski definition) is 1. The van der Waals surface area contributed by atoms with Gasteiger partial charge in [0.15, 0.2) is 0 Å². The lowest BCUT2D eigenvalue weighted by Crippen LogP contribution is -2.29. The van der Waals surface area contributed by atoms with E-state index in [1.165, 1.54) is 5.56 Å². The van der Waals surface area contributed by atoms with Gasteiger partial charge in [-0.05, 0) is 48.4 Å². The second-order valence-corrected chi connectivity index (χ2v) is 6.82. The molecule has 1 aliphatic heterocycles. The van der Waals surface area contributed by atoms with Crippen LogP contribution in [0.4, 0.5) is 17.1 Å². The highest BCUT2D eigenvalue weighted by Crippen LogP contribution is 2.28. The highest BCUT2D eigenvalue weighted by atomic mass is 79.9. The van der Waals surface area contributed by atoms with Gasteiger partial charge in [0.1, 0.15) is 5.69 Å². The summed E-state index contributed by atoms with van der Waals surface area (Å²) in [4.78, 5) is 18.9. The van der Waals surface area contributed by atoms with Gasteiger partial charge in [-0.1, -0.05) is 40.2 Å². The number of nitrogens with zero attached hydrogens (tertiary/aromatic N) is 2. The topological polar surface area (TPSA) is 45.2 Å². The summed E-state index contributed by atoms with van der Waals surface area (Å²) in [6.45, 7) is 0.706. The van der Waals surface area contributed by atoms with Crippen molar-refractivity contribution in [2.75, 3.05) is 16.8 Å². The zero-order chi connectivity index (χ0) is 17.2. The highest BCUT2D eigenvalue weighted by molar-refractivity contribution is 9.10. The highest BCUT2D eigenvalue weighted by Gasteiger charge is 2.25. The summed E-state index contributed by atoms with van der Waals surface area (Å²) in [5.41, 5.74) is 4.46. The molecular formula is C20H16BrN3O. The Morgan fingerprint density at radius 3 is 2.72 bits per heavy atom. The number of carbonyl (C=O) groups excluding carboxylic acids is 1. The molecule has 0 saturated heterocycles. The van der Waals surface area contributed by atoms with Crippen LogP contribution in [-0.4, -0.2) is 17.4 Å². The van der Waals surface area contributed by atoms with Crippen LogP contribution in [0.2, 0.25) is 0 Å². The van der Waals surface area contributed by atoms with E-state index in [1.807, 2.05) is 48.5 Å². The summed E-state index contributed by atoms with van der Waals surface area (Å²) in [6, 6.07) is 19.6. The van der Waals surface area contributed by atoms with Crippen molar-refractivity contribution >= 4 is 38.9 Å². The van der Waals surface area contributed by atoms with E-state index in [0.29, 0.717) is 12.2 Å². The van der Waals surface area contributed by atoms with Crippen LogP contribution in [0.3, 0.4) is 0 Å². The molecule has 2 aromatic carbocycles. The fourth-order valence-electron chi connectivity index (χ4n) is 3.01. The quantitative estimate of drug-likeness (QED) is 0.695. The van der Waals surface area contributed by atoms with Gasteiger partial charge in [0, 0.05) is 22.4 Å². The molecule has 0 saturated carbocycles. The fourth-order valence-corrected chi connectivity index (χ4v) is 3.41. The van der Waals surface area contributed by atoms with Crippen molar-refractivity contribution in [3.05, 3.63) is 82.6 Å². The lowest BCUT2D eigenvalue weighted by Gasteiger charge is -2.17. The standard InChI is InChI=1S/C20H16BrN3O/c21-15-5-3-6-16(12-15)23-17-8-9-18(22-13-17)20(25)24-11-10-14-4-1-2-7-19(14)24/h1-9,12-13,23H,10-11H2. The van der Waals surface area contributed by atoms with Crippen LogP contribution in [0, 0.1) is 0 Å². The van der Waals surface area contributed by atoms with Gasteiger partial charge in [0.2, 0.25) is 0 Å². The Hall–Kier alpha value is -2.66. The maximum absolute atomic E-state index is 12.8. The molecule has 1 amide bonds. The molecule has 0 fully saturated rings. The third-order valence-electron chi connectivity index (χ3n) is 4.23. The first-order valence-electron chi connectivity index (χ1n) is 8.09. The summed E-state index contributed by atoms with van der Waals surface area (Å²) < 4.78 is 1.00. The molecule has 124 valence electrons. The molecular weight excluding hydrogens is 378 g/mol. The van der Waals surface area contributed by atoms with Crippen LogP contribution in [-0.2, 0) is 6.42 Å². The third kappa shape index (κ3) is 3.28. The average Bonchev–Trinajstić information content (AvgIpc) is 3.06. The van der Waals surface area contributed by atoms with E-state index in [0.717, 1.165) is 28.0 Å². The van der Waals surface area contributed by atoms with Gasteiger partial charge in [-0.15, -0.1) is 0 Å². The smallest absolute Gasteiger partial charge is 0.276 e. The van der Waals surface area contributed by atoms with Gasteiger partial charge in [0.05, 0.1) is 11.9 Å². The zero-order valence-corrected chi connectivity index (χ0v) is 15.0. The molecule has 4 rings (SSSR count). The van der Waals surface area contributed by atoms with Gasteiger partial charge in [-0.3, -0.25) is 4.79 Å². The molecule has 25 heavy (non-hydrogen) atoms. The Morgan fingerprint density at radius 2 is 1.92 bits per heavy atom. The normalized spacial score (nSPS) is 12.8. The molecule has 5 heteroatoms. The largest absolute Gasteiger partial charge is 0.354 e. The number of pyridine rings is 1. The first-order chi connectivity index (χ1) is 12.2. The minimum absolute atomic E-state index is 0.0565. The number of halogens is 1. The zero-order valence-electron chi connectivity index (χ0n) is 13.4. The van der Waals surface area contributed by atoms with Crippen molar-refractivity contribution in [1.82, 2.24) is 4.98 Å². The van der Waals surface area contributed by atoms with Crippen LogP contribution in [0.15, 0.2) is 71.3 Å². The number of benzene rings is 2. The maximum Gasteiger partial charge on any atom is 0.276 e. The van der Waals surface area contributed by atoms with Crippen molar-refractivity contribution in [2.24, 2.45) is 0 Å². The van der Waals surface area contributed by atoms with Crippen LogP contribution >= 0.6 is 15.9 Å². The Kier molecular flexibility index (Phi) is 4.24. The summed E-state index contributed by atoms with van der Waals surface area (Å²) in [5, 5.41) is 3.28. The molecule has 2 heterocycles. The number of fused-ring (bicyclic) bond motifs is 1. The molecule has 3 aromatic rings. The SMILES string of the molecule is O=C(c1ccc(Nc2cccc(Br)c2)cn1)N1CCc2ccccc21. The lowest BCUT2D eigenvalue weighted by molar-refractivity contribution is 0.0984. The predicted molar refractivity (Wildman–Crippen MR) is 103 cm³/mol. The summed E-state index contributed by atoms with van der Waals surface area (Å²) >= 11 is 3.45. The number of amides is 1. The second-order valence-electron chi connectivity index (χ2n) is 5.90. The van der Waals surface area contributed by atoms with E-state index in [9.17, 15) is 4.79 Å².